The molecule has 4 heteroatoms. The third-order valence-corrected chi connectivity index (χ3v) is 14.8. The van der Waals surface area contributed by atoms with Gasteiger partial charge in [0.05, 0.1) is 5.41 Å². The number of rotatable bonds is 5. The first-order valence-electron chi connectivity index (χ1n) is 17.6. The molecule has 5 aliphatic carbocycles. The molecule has 0 bridgehead atoms. The number of carbonyl (C=O) groups excluding carboxylic acids is 3. The van der Waals surface area contributed by atoms with Crippen molar-refractivity contribution in [2.24, 2.45) is 50.7 Å². The zero-order chi connectivity index (χ0) is 32.0. The molecule has 0 spiro atoms. The maximum Gasteiger partial charge on any atom is 0.302 e. The minimum absolute atomic E-state index is 0.0211. The van der Waals surface area contributed by atoms with E-state index in [-0.39, 0.29) is 57.1 Å². The lowest BCUT2D eigenvalue weighted by Gasteiger charge is -2.72. The molecule has 5 aliphatic rings. The lowest BCUT2D eigenvalue weighted by molar-refractivity contribution is -0.232. The maximum absolute atomic E-state index is 14.6. The Morgan fingerprint density at radius 2 is 1.59 bits per heavy atom. The third-order valence-electron chi connectivity index (χ3n) is 14.8. The Bertz CT molecular complexity index is 1420. The molecule has 0 heterocycles. The number of fused-ring (bicyclic) bond motifs is 7. The molecule has 0 N–H and O–H groups in total. The molecule has 8 atom stereocenters. The van der Waals surface area contributed by atoms with E-state index in [0.29, 0.717) is 24.7 Å². The molecule has 0 unspecified atom stereocenters. The predicted molar refractivity (Wildman–Crippen MR) is 175 cm³/mol. The lowest BCUT2D eigenvalue weighted by Crippen LogP contribution is -2.66. The van der Waals surface area contributed by atoms with Gasteiger partial charge in [-0.3, -0.25) is 14.4 Å². The molecular weight excluding hydrogens is 544 g/mol. The quantitative estimate of drug-likeness (QED) is 0.317. The van der Waals surface area contributed by atoms with E-state index in [1.807, 2.05) is 12.1 Å². The number of ketones is 2. The van der Waals surface area contributed by atoms with Gasteiger partial charge in [0.1, 0.15) is 11.9 Å². The van der Waals surface area contributed by atoms with Crippen molar-refractivity contribution in [3.05, 3.63) is 46.5 Å². The first-order chi connectivity index (χ1) is 20.5. The zero-order valence-electron chi connectivity index (χ0n) is 28.9. The van der Waals surface area contributed by atoms with Gasteiger partial charge >= 0.3 is 5.97 Å². The second-order valence-corrected chi connectivity index (χ2v) is 17.3. The Morgan fingerprint density at radius 1 is 0.886 bits per heavy atom. The average molecular weight is 601 g/mol. The SMILES string of the molecule is CC(=O)O[C@H]1CC[C@]2(C)[C@H]3CC[C@@H]4C5=C(C(C)C)C(=O)C[C@]5(C(=O)Cc5ccccc5C)CC[C@@]4(C)[C@]3(C)CC[C@H]2C1(C)C. The van der Waals surface area contributed by atoms with Crippen LogP contribution in [0.3, 0.4) is 0 Å². The van der Waals surface area contributed by atoms with E-state index in [1.54, 1.807) is 6.92 Å². The fraction of sp³-hybridized carbons (Fsp3) is 0.725. The fourth-order valence-electron chi connectivity index (χ4n) is 12.5. The number of carbonyl (C=O) groups is 3. The fourth-order valence-corrected chi connectivity index (χ4v) is 12.5. The second-order valence-electron chi connectivity index (χ2n) is 17.3. The molecule has 44 heavy (non-hydrogen) atoms. The summed E-state index contributed by atoms with van der Waals surface area (Å²) in [5, 5.41) is 0. The highest BCUT2D eigenvalue weighted by Gasteiger charge is 2.70. The molecule has 240 valence electrons. The van der Waals surface area contributed by atoms with Gasteiger partial charge in [-0.15, -0.1) is 0 Å². The molecule has 0 aliphatic heterocycles. The second kappa shape index (κ2) is 10.4. The number of aryl methyl sites for hydroxylation is 1. The van der Waals surface area contributed by atoms with Crippen LogP contribution in [0, 0.1) is 57.7 Å². The number of hydrogen-bond donors (Lipinski definition) is 0. The van der Waals surface area contributed by atoms with Crippen LogP contribution in [0.1, 0.15) is 124 Å². The van der Waals surface area contributed by atoms with Crippen LogP contribution in [-0.4, -0.2) is 23.6 Å². The average Bonchev–Trinajstić information content (AvgIpc) is 3.25. The number of Topliss-reactive ketones (excluding diaryl/α,β-unsaturated/α-hetero) is 2. The van der Waals surface area contributed by atoms with Crippen LogP contribution in [0.5, 0.6) is 0 Å². The largest absolute Gasteiger partial charge is 0.462 e. The molecule has 0 aromatic heterocycles. The summed E-state index contributed by atoms with van der Waals surface area (Å²) in [7, 11) is 0. The molecule has 4 saturated carbocycles. The summed E-state index contributed by atoms with van der Waals surface area (Å²) in [5.74, 6) is 1.80. The number of allylic oxidation sites excluding steroid dienone is 2. The van der Waals surface area contributed by atoms with Crippen molar-refractivity contribution < 1.29 is 19.1 Å². The van der Waals surface area contributed by atoms with E-state index in [0.717, 1.165) is 68.1 Å². The van der Waals surface area contributed by atoms with E-state index >= 15 is 0 Å². The standard InChI is InChI=1S/C40H56O4/c1-24(2)34-29(42)23-40(32(43)22-27-13-11-10-12-25(27)3)21-20-38(8)28(35(34)40)14-15-31-37(7)18-17-33(44-26(4)41)36(5,6)30(37)16-19-39(31,38)9/h10-13,24,28,30-31,33H,14-23H2,1-9H3/t28-,30+,31-,33+,37+,38-,39-,40+/m1/s1. The molecule has 4 fully saturated rings. The molecular formula is C40H56O4. The molecule has 0 radical (unpaired) electrons. The van der Waals surface area contributed by atoms with Gasteiger partial charge in [-0.2, -0.15) is 0 Å². The highest BCUT2D eigenvalue weighted by molar-refractivity contribution is 6.07. The van der Waals surface area contributed by atoms with Crippen molar-refractivity contribution >= 4 is 17.5 Å². The molecule has 6 rings (SSSR count). The van der Waals surface area contributed by atoms with Gasteiger partial charge in [0, 0.05) is 25.2 Å². The van der Waals surface area contributed by atoms with E-state index in [1.165, 1.54) is 5.57 Å². The Morgan fingerprint density at radius 3 is 2.25 bits per heavy atom. The maximum atomic E-state index is 14.6. The van der Waals surface area contributed by atoms with Gasteiger partial charge in [0.2, 0.25) is 0 Å². The predicted octanol–water partition coefficient (Wildman–Crippen LogP) is 9.02. The summed E-state index contributed by atoms with van der Waals surface area (Å²) in [6.45, 7) is 20.4. The van der Waals surface area contributed by atoms with Gasteiger partial charge in [0.15, 0.2) is 5.78 Å². The van der Waals surface area contributed by atoms with Crippen LogP contribution in [-0.2, 0) is 25.5 Å². The molecule has 4 nitrogen and oxygen atoms in total. The van der Waals surface area contributed by atoms with Gasteiger partial charge < -0.3 is 4.74 Å². The first-order valence-corrected chi connectivity index (χ1v) is 17.6. The Kier molecular flexibility index (Phi) is 7.50. The van der Waals surface area contributed by atoms with Crippen molar-refractivity contribution in [3.63, 3.8) is 0 Å². The summed E-state index contributed by atoms with van der Waals surface area (Å²) < 4.78 is 5.93. The monoisotopic (exact) mass is 600 g/mol. The minimum Gasteiger partial charge on any atom is -0.462 e. The van der Waals surface area contributed by atoms with Crippen LogP contribution in [0.4, 0.5) is 0 Å². The third kappa shape index (κ3) is 4.24. The normalized spacial score (nSPS) is 41.0. The summed E-state index contributed by atoms with van der Waals surface area (Å²) in [4.78, 5) is 40.5. The van der Waals surface area contributed by atoms with Crippen molar-refractivity contribution in [2.45, 2.75) is 133 Å². The molecule has 1 aromatic rings. The summed E-state index contributed by atoms with van der Waals surface area (Å²) in [6.07, 6.45) is 9.09. The summed E-state index contributed by atoms with van der Waals surface area (Å²) in [5.41, 5.74) is 4.13. The molecule has 0 saturated heterocycles. The molecule has 1 aromatic carbocycles. The van der Waals surface area contributed by atoms with Crippen molar-refractivity contribution in [2.75, 3.05) is 0 Å². The van der Waals surface area contributed by atoms with Crippen LogP contribution >= 0.6 is 0 Å². The Hall–Kier alpha value is -2.23. The van der Waals surface area contributed by atoms with Crippen LogP contribution in [0.15, 0.2) is 35.4 Å². The van der Waals surface area contributed by atoms with E-state index in [2.05, 4.69) is 67.5 Å². The highest BCUT2D eigenvalue weighted by atomic mass is 16.5. The Labute approximate surface area is 266 Å². The van der Waals surface area contributed by atoms with Gasteiger partial charge in [0.25, 0.3) is 0 Å². The number of ether oxygens (including phenoxy) is 1. The van der Waals surface area contributed by atoms with Gasteiger partial charge in [-0.25, -0.2) is 0 Å². The van der Waals surface area contributed by atoms with Crippen molar-refractivity contribution in [1.29, 1.82) is 0 Å². The molecule has 0 amide bonds. The van der Waals surface area contributed by atoms with Crippen LogP contribution in [0.2, 0.25) is 0 Å². The van der Waals surface area contributed by atoms with Crippen molar-refractivity contribution in [3.8, 4) is 0 Å². The van der Waals surface area contributed by atoms with Crippen LogP contribution < -0.4 is 0 Å². The van der Waals surface area contributed by atoms with Crippen LogP contribution in [0.25, 0.3) is 0 Å². The number of esters is 1. The zero-order valence-corrected chi connectivity index (χ0v) is 28.9. The number of benzene rings is 1. The van der Waals surface area contributed by atoms with E-state index in [4.69, 9.17) is 4.74 Å². The van der Waals surface area contributed by atoms with E-state index in [9.17, 15) is 14.4 Å². The lowest BCUT2D eigenvalue weighted by atomic mass is 9.33. The topological polar surface area (TPSA) is 60.4 Å². The Balaban J connectivity index is 1.39. The summed E-state index contributed by atoms with van der Waals surface area (Å²) in [6, 6.07) is 8.24. The van der Waals surface area contributed by atoms with E-state index < -0.39 is 5.41 Å². The van der Waals surface area contributed by atoms with Gasteiger partial charge in [-0.1, -0.05) is 72.7 Å². The smallest absolute Gasteiger partial charge is 0.302 e. The van der Waals surface area contributed by atoms with Crippen molar-refractivity contribution in [1.82, 2.24) is 0 Å². The first kappa shape index (κ1) is 31.7. The number of hydrogen-bond acceptors (Lipinski definition) is 4. The minimum atomic E-state index is -0.641. The van der Waals surface area contributed by atoms with Gasteiger partial charge in [-0.05, 0) is 120 Å². The highest BCUT2D eigenvalue weighted by Crippen LogP contribution is 2.76. The summed E-state index contributed by atoms with van der Waals surface area (Å²) >= 11 is 0.